The van der Waals surface area contributed by atoms with Crippen LogP contribution in [-0.2, 0) is 13.1 Å². The molecule has 8 heteroatoms. The van der Waals surface area contributed by atoms with E-state index in [1.807, 2.05) is 54.9 Å². The van der Waals surface area contributed by atoms with Crippen molar-refractivity contribution in [2.24, 2.45) is 0 Å². The van der Waals surface area contributed by atoms with Gasteiger partial charge in [0.1, 0.15) is 0 Å². The second-order valence-electron chi connectivity index (χ2n) is 8.14. The highest BCUT2D eigenvalue weighted by atomic mass is 35.5. The van der Waals surface area contributed by atoms with Gasteiger partial charge in [0.15, 0.2) is 0 Å². The Hall–Kier alpha value is -3.19. The zero-order valence-electron chi connectivity index (χ0n) is 18.8. The number of benzene rings is 3. The molecule has 1 aliphatic rings. The van der Waals surface area contributed by atoms with E-state index in [-0.39, 0.29) is 16.8 Å². The monoisotopic (exact) mass is 521 g/mol. The van der Waals surface area contributed by atoms with Crippen LogP contribution in [0.15, 0.2) is 83.9 Å². The molecule has 1 N–H and O–H groups in total. The van der Waals surface area contributed by atoms with E-state index in [9.17, 15) is 9.59 Å². The molecule has 2 heterocycles. The molecule has 4 aromatic rings. The number of anilines is 2. The summed E-state index contributed by atoms with van der Waals surface area (Å²) in [6.45, 7) is 1.13. The zero-order chi connectivity index (χ0) is 24.5. The summed E-state index contributed by atoms with van der Waals surface area (Å²) in [5, 5.41) is 3.45. The number of aromatic nitrogens is 1. The third-order valence-electron chi connectivity index (χ3n) is 5.99. The average Bonchev–Trinajstić information content (AvgIpc) is 3.23. The highest BCUT2D eigenvalue weighted by molar-refractivity contribution is 7.98. The number of nitrogens with one attached hydrogen (secondary N) is 1. The number of fused-ring (bicyclic) bond motifs is 2. The van der Waals surface area contributed by atoms with Crippen LogP contribution in [0.2, 0.25) is 10.0 Å². The maximum atomic E-state index is 13.7. The van der Waals surface area contributed by atoms with Crippen LogP contribution >= 0.6 is 35.0 Å². The lowest BCUT2D eigenvalue weighted by Gasteiger charge is -2.23. The molecule has 0 bridgehead atoms. The number of carbonyl (C=O) groups is 2. The van der Waals surface area contributed by atoms with Crippen molar-refractivity contribution < 1.29 is 9.59 Å². The first-order valence-electron chi connectivity index (χ1n) is 10.9. The van der Waals surface area contributed by atoms with E-state index in [1.54, 1.807) is 35.2 Å². The Morgan fingerprint density at radius 2 is 1.71 bits per heavy atom. The standard InChI is InChI=1S/C27H21Cl2N3O2S/c1-35-20-9-11-23(28)22(14-20)26(33)30-18-8-10-21(24(29)13-18)27(34)32-16-19-6-4-12-31(19)15-17-5-2-3-7-25(17)32/h2-14H,15-16H2,1H3,(H,30,33). The first-order chi connectivity index (χ1) is 16.9. The molecule has 2 amide bonds. The van der Waals surface area contributed by atoms with Crippen molar-refractivity contribution in [3.8, 4) is 0 Å². The first-order valence-corrected chi connectivity index (χ1v) is 12.9. The van der Waals surface area contributed by atoms with Crippen LogP contribution in [0.3, 0.4) is 0 Å². The number of para-hydroxylation sites is 1. The first kappa shape index (κ1) is 23.5. The normalized spacial score (nSPS) is 12.5. The minimum absolute atomic E-state index is 0.203. The van der Waals surface area contributed by atoms with Gasteiger partial charge >= 0.3 is 0 Å². The van der Waals surface area contributed by atoms with Crippen molar-refractivity contribution in [1.29, 1.82) is 0 Å². The zero-order valence-corrected chi connectivity index (χ0v) is 21.1. The van der Waals surface area contributed by atoms with Gasteiger partial charge in [-0.3, -0.25) is 9.59 Å². The maximum Gasteiger partial charge on any atom is 0.260 e. The summed E-state index contributed by atoms with van der Waals surface area (Å²) in [5.41, 5.74) is 4.17. The molecule has 0 spiro atoms. The number of hydrogen-bond donors (Lipinski definition) is 1. The van der Waals surface area contributed by atoms with Gasteiger partial charge in [-0.2, -0.15) is 0 Å². The number of carbonyl (C=O) groups excluding carboxylic acids is 2. The lowest BCUT2D eigenvalue weighted by Crippen LogP contribution is -2.30. The van der Waals surface area contributed by atoms with Gasteiger partial charge in [-0.15, -0.1) is 11.8 Å². The van der Waals surface area contributed by atoms with E-state index in [4.69, 9.17) is 23.2 Å². The summed E-state index contributed by atoms with van der Waals surface area (Å²) in [6.07, 6.45) is 3.95. The van der Waals surface area contributed by atoms with Crippen molar-refractivity contribution in [2.45, 2.75) is 18.0 Å². The third-order valence-corrected chi connectivity index (χ3v) is 7.36. The summed E-state index contributed by atoms with van der Waals surface area (Å²) in [7, 11) is 0. The van der Waals surface area contributed by atoms with E-state index < -0.39 is 0 Å². The van der Waals surface area contributed by atoms with Crippen LogP contribution in [0.4, 0.5) is 11.4 Å². The van der Waals surface area contributed by atoms with Gasteiger partial charge in [0.2, 0.25) is 0 Å². The Morgan fingerprint density at radius 3 is 2.51 bits per heavy atom. The SMILES string of the molecule is CSc1ccc(Cl)c(C(=O)Nc2ccc(C(=O)N3Cc4cccn4Cc4ccccc43)c(Cl)c2)c1. The number of nitrogens with zero attached hydrogens (tertiary/aromatic N) is 2. The van der Waals surface area contributed by atoms with E-state index in [2.05, 4.69) is 9.88 Å². The van der Waals surface area contributed by atoms with Gasteiger partial charge in [0.25, 0.3) is 11.8 Å². The highest BCUT2D eigenvalue weighted by Crippen LogP contribution is 2.31. The van der Waals surface area contributed by atoms with Gasteiger partial charge in [0.05, 0.1) is 27.7 Å². The number of rotatable bonds is 4. The van der Waals surface area contributed by atoms with Crippen molar-refractivity contribution in [3.63, 3.8) is 0 Å². The smallest absolute Gasteiger partial charge is 0.260 e. The number of amides is 2. The molecule has 0 aliphatic carbocycles. The van der Waals surface area contributed by atoms with Crippen LogP contribution in [0.25, 0.3) is 0 Å². The molecule has 3 aromatic carbocycles. The molecule has 0 unspecified atom stereocenters. The second kappa shape index (κ2) is 9.82. The minimum atomic E-state index is -0.344. The van der Waals surface area contributed by atoms with Crippen LogP contribution in [-0.4, -0.2) is 22.6 Å². The van der Waals surface area contributed by atoms with Crippen molar-refractivity contribution >= 4 is 58.2 Å². The quantitative estimate of drug-likeness (QED) is 0.294. The molecule has 0 saturated heterocycles. The summed E-state index contributed by atoms with van der Waals surface area (Å²) in [5.74, 6) is -0.547. The molecule has 5 nitrogen and oxygen atoms in total. The topological polar surface area (TPSA) is 54.3 Å². The molecule has 0 radical (unpaired) electrons. The Morgan fingerprint density at radius 1 is 0.886 bits per heavy atom. The maximum absolute atomic E-state index is 13.7. The third kappa shape index (κ3) is 4.69. The second-order valence-corrected chi connectivity index (χ2v) is 9.84. The Kier molecular flexibility index (Phi) is 6.60. The van der Waals surface area contributed by atoms with Crippen molar-refractivity contribution in [1.82, 2.24) is 4.57 Å². The van der Waals surface area contributed by atoms with Crippen LogP contribution < -0.4 is 10.2 Å². The molecule has 0 saturated carbocycles. The van der Waals surface area contributed by atoms with Crippen molar-refractivity contribution in [2.75, 3.05) is 16.5 Å². The predicted octanol–water partition coefficient (Wildman–Crippen LogP) is 6.98. The molecule has 5 rings (SSSR count). The van der Waals surface area contributed by atoms with E-state index in [0.29, 0.717) is 34.9 Å². The largest absolute Gasteiger partial charge is 0.345 e. The van der Waals surface area contributed by atoms with Crippen LogP contribution in [0, 0.1) is 0 Å². The fraction of sp³-hybridized carbons (Fsp3) is 0.111. The molecule has 1 aliphatic heterocycles. The van der Waals surface area contributed by atoms with Gasteiger partial charge in [-0.1, -0.05) is 41.4 Å². The van der Waals surface area contributed by atoms with E-state index in [0.717, 1.165) is 21.8 Å². The van der Waals surface area contributed by atoms with Crippen molar-refractivity contribution in [3.05, 3.63) is 111 Å². The number of hydrogen-bond acceptors (Lipinski definition) is 3. The molecular weight excluding hydrogens is 501 g/mol. The predicted molar refractivity (Wildman–Crippen MR) is 143 cm³/mol. The lowest BCUT2D eigenvalue weighted by molar-refractivity contribution is 0.0984. The lowest BCUT2D eigenvalue weighted by atomic mass is 10.1. The molecule has 0 atom stereocenters. The number of thioether (sulfide) groups is 1. The summed E-state index contributed by atoms with van der Waals surface area (Å²) < 4.78 is 2.14. The average molecular weight is 522 g/mol. The molecular formula is C27H21Cl2N3O2S. The van der Waals surface area contributed by atoms with Gasteiger partial charge in [-0.05, 0) is 66.4 Å². The Labute approximate surface area is 217 Å². The fourth-order valence-electron chi connectivity index (χ4n) is 4.18. The van der Waals surface area contributed by atoms with Gasteiger partial charge in [-0.25, -0.2) is 0 Å². The molecule has 0 fully saturated rings. The van der Waals surface area contributed by atoms with E-state index >= 15 is 0 Å². The summed E-state index contributed by atoms with van der Waals surface area (Å²) >= 11 is 14.3. The Balaban J connectivity index is 1.42. The summed E-state index contributed by atoms with van der Waals surface area (Å²) in [6, 6.07) is 22.1. The fourth-order valence-corrected chi connectivity index (χ4v) is 5.09. The van der Waals surface area contributed by atoms with Gasteiger partial charge < -0.3 is 14.8 Å². The molecule has 35 heavy (non-hydrogen) atoms. The molecule has 176 valence electrons. The van der Waals surface area contributed by atoms with E-state index in [1.165, 1.54) is 11.8 Å². The summed E-state index contributed by atoms with van der Waals surface area (Å²) in [4.78, 5) is 29.2. The Bertz CT molecular complexity index is 1450. The van der Waals surface area contributed by atoms with Gasteiger partial charge in [0, 0.05) is 34.7 Å². The minimum Gasteiger partial charge on any atom is -0.345 e. The van der Waals surface area contributed by atoms with Crippen LogP contribution in [0.5, 0.6) is 0 Å². The highest BCUT2D eigenvalue weighted by Gasteiger charge is 2.26. The van der Waals surface area contributed by atoms with Crippen LogP contribution in [0.1, 0.15) is 32.0 Å². The number of halogens is 2. The molecule has 1 aromatic heterocycles.